The Labute approximate surface area is 197 Å². The van der Waals surface area contributed by atoms with E-state index in [2.05, 4.69) is 10.6 Å². The van der Waals surface area contributed by atoms with Crippen molar-refractivity contribution in [2.75, 3.05) is 23.7 Å². The first-order chi connectivity index (χ1) is 15.9. The number of anilines is 2. The topological polar surface area (TPSA) is 95.6 Å². The van der Waals surface area contributed by atoms with E-state index < -0.39 is 15.9 Å². The first kappa shape index (κ1) is 23.0. The number of halogens is 1. The lowest BCUT2D eigenvalue weighted by atomic mass is 10.2. The minimum absolute atomic E-state index is 0.0182. The van der Waals surface area contributed by atoms with Crippen molar-refractivity contribution in [1.82, 2.24) is 4.31 Å². The van der Waals surface area contributed by atoms with E-state index in [-0.39, 0.29) is 21.4 Å². The summed E-state index contributed by atoms with van der Waals surface area (Å²) in [7, 11) is -3.70. The van der Waals surface area contributed by atoms with Gasteiger partial charge in [-0.1, -0.05) is 41.9 Å². The van der Waals surface area contributed by atoms with Crippen molar-refractivity contribution < 1.29 is 18.0 Å². The quantitative estimate of drug-likeness (QED) is 0.534. The van der Waals surface area contributed by atoms with E-state index in [1.807, 2.05) is 6.07 Å². The molecule has 9 heteroatoms. The molecule has 1 aliphatic heterocycles. The van der Waals surface area contributed by atoms with Crippen LogP contribution in [0.15, 0.2) is 77.7 Å². The lowest BCUT2D eigenvalue weighted by Crippen LogP contribution is -2.28. The van der Waals surface area contributed by atoms with Gasteiger partial charge in [-0.2, -0.15) is 4.31 Å². The Morgan fingerprint density at radius 3 is 2.00 bits per heavy atom. The number of hydrogen-bond acceptors (Lipinski definition) is 4. The fourth-order valence-corrected chi connectivity index (χ4v) is 5.34. The van der Waals surface area contributed by atoms with Gasteiger partial charge in [0.05, 0.1) is 26.9 Å². The van der Waals surface area contributed by atoms with Crippen LogP contribution in [0.3, 0.4) is 0 Å². The van der Waals surface area contributed by atoms with Crippen molar-refractivity contribution in [3.63, 3.8) is 0 Å². The second kappa shape index (κ2) is 9.74. The Bertz CT molecular complexity index is 1290. The molecule has 3 aromatic rings. The molecule has 0 radical (unpaired) electrons. The molecule has 3 aromatic carbocycles. The van der Waals surface area contributed by atoms with Crippen molar-refractivity contribution >= 4 is 44.8 Å². The number of carbonyl (C=O) groups is 2. The summed E-state index contributed by atoms with van der Waals surface area (Å²) in [5.41, 5.74) is 1.26. The lowest BCUT2D eigenvalue weighted by molar-refractivity contribution is 0.101. The van der Waals surface area contributed by atoms with Gasteiger partial charge in [-0.25, -0.2) is 8.42 Å². The normalized spacial score (nSPS) is 14.1. The molecule has 4 rings (SSSR count). The molecular formula is C24H22ClN3O4S. The van der Waals surface area contributed by atoms with Crippen LogP contribution >= 0.6 is 11.6 Å². The molecule has 1 aliphatic rings. The number of carbonyl (C=O) groups excluding carboxylic acids is 2. The van der Waals surface area contributed by atoms with Crippen LogP contribution in [0.2, 0.25) is 5.02 Å². The summed E-state index contributed by atoms with van der Waals surface area (Å²) >= 11 is 6.23. The first-order valence-corrected chi connectivity index (χ1v) is 12.2. The zero-order valence-corrected chi connectivity index (χ0v) is 19.2. The summed E-state index contributed by atoms with van der Waals surface area (Å²) in [5.74, 6) is -0.908. The fourth-order valence-electron chi connectivity index (χ4n) is 3.59. The zero-order valence-electron chi connectivity index (χ0n) is 17.6. The maximum Gasteiger partial charge on any atom is 0.257 e. The zero-order chi connectivity index (χ0) is 23.4. The highest BCUT2D eigenvalue weighted by Gasteiger charge is 2.28. The lowest BCUT2D eigenvalue weighted by Gasteiger charge is -2.17. The molecule has 33 heavy (non-hydrogen) atoms. The van der Waals surface area contributed by atoms with Gasteiger partial charge in [-0.15, -0.1) is 0 Å². The number of sulfonamides is 1. The standard InChI is InChI=1S/C24H22ClN3O4S/c25-20-13-12-18(33(31,32)28-14-6-7-15-28)16-19(20)24(30)27-22-11-5-4-10-21(22)26-23(29)17-8-2-1-3-9-17/h1-5,8-13,16H,6-7,14-15H2,(H,26,29)(H,27,30). The second-order valence-corrected chi connectivity index (χ2v) is 9.92. The molecule has 0 bridgehead atoms. The monoisotopic (exact) mass is 483 g/mol. The molecule has 0 aromatic heterocycles. The van der Waals surface area contributed by atoms with Crippen molar-refractivity contribution in [1.29, 1.82) is 0 Å². The van der Waals surface area contributed by atoms with Gasteiger partial charge in [-0.3, -0.25) is 9.59 Å². The van der Waals surface area contributed by atoms with Crippen LogP contribution in [-0.2, 0) is 10.0 Å². The highest BCUT2D eigenvalue weighted by atomic mass is 35.5. The minimum Gasteiger partial charge on any atom is -0.320 e. The van der Waals surface area contributed by atoms with Crippen LogP contribution in [0.25, 0.3) is 0 Å². The van der Waals surface area contributed by atoms with E-state index >= 15 is 0 Å². The van der Waals surface area contributed by atoms with Crippen molar-refractivity contribution in [2.24, 2.45) is 0 Å². The fraction of sp³-hybridized carbons (Fsp3) is 0.167. The third-order valence-electron chi connectivity index (χ3n) is 5.34. The highest BCUT2D eigenvalue weighted by Crippen LogP contribution is 2.27. The van der Waals surface area contributed by atoms with Crippen LogP contribution in [-0.4, -0.2) is 37.6 Å². The highest BCUT2D eigenvalue weighted by molar-refractivity contribution is 7.89. The molecule has 2 N–H and O–H groups in total. The predicted octanol–water partition coefficient (Wildman–Crippen LogP) is 4.63. The SMILES string of the molecule is O=C(Nc1ccccc1NC(=O)c1cc(S(=O)(=O)N2CCCC2)ccc1Cl)c1ccccc1. The van der Waals surface area contributed by atoms with E-state index in [0.29, 0.717) is 30.0 Å². The number of hydrogen-bond donors (Lipinski definition) is 2. The summed E-state index contributed by atoms with van der Waals surface area (Å²) in [6.07, 6.45) is 1.62. The van der Waals surface area contributed by atoms with Crippen LogP contribution in [0.1, 0.15) is 33.6 Å². The Morgan fingerprint density at radius 1 is 0.788 bits per heavy atom. The van der Waals surface area contributed by atoms with Gasteiger partial charge in [0.1, 0.15) is 0 Å². The summed E-state index contributed by atoms with van der Waals surface area (Å²) in [6.45, 7) is 0.919. The van der Waals surface area contributed by atoms with Gasteiger partial charge >= 0.3 is 0 Å². The first-order valence-electron chi connectivity index (χ1n) is 10.4. The smallest absolute Gasteiger partial charge is 0.257 e. The molecule has 2 amide bonds. The number of nitrogens with one attached hydrogen (secondary N) is 2. The van der Waals surface area contributed by atoms with Gasteiger partial charge in [-0.05, 0) is 55.3 Å². The van der Waals surface area contributed by atoms with Crippen molar-refractivity contribution in [2.45, 2.75) is 17.7 Å². The molecule has 0 aliphatic carbocycles. The number of benzene rings is 3. The Morgan fingerprint density at radius 2 is 1.36 bits per heavy atom. The molecular weight excluding hydrogens is 462 g/mol. The third-order valence-corrected chi connectivity index (χ3v) is 7.57. The molecule has 0 atom stereocenters. The summed E-state index contributed by atoms with van der Waals surface area (Å²) in [6, 6.07) is 19.5. The van der Waals surface area contributed by atoms with E-state index in [4.69, 9.17) is 11.6 Å². The third kappa shape index (κ3) is 5.08. The molecule has 0 unspecified atom stereocenters. The second-order valence-electron chi connectivity index (χ2n) is 7.57. The molecule has 1 fully saturated rings. The Kier molecular flexibility index (Phi) is 6.78. The van der Waals surface area contributed by atoms with Crippen LogP contribution in [0, 0.1) is 0 Å². The van der Waals surface area contributed by atoms with E-state index in [1.165, 1.54) is 22.5 Å². The van der Waals surface area contributed by atoms with Gasteiger partial charge < -0.3 is 10.6 Å². The number of para-hydroxylation sites is 2. The van der Waals surface area contributed by atoms with Crippen LogP contribution < -0.4 is 10.6 Å². The largest absolute Gasteiger partial charge is 0.320 e. The molecule has 170 valence electrons. The molecule has 7 nitrogen and oxygen atoms in total. The van der Waals surface area contributed by atoms with Gasteiger partial charge in [0, 0.05) is 18.7 Å². The molecule has 0 saturated carbocycles. The molecule has 1 heterocycles. The van der Waals surface area contributed by atoms with E-state index in [0.717, 1.165) is 12.8 Å². The Balaban J connectivity index is 1.57. The van der Waals surface area contributed by atoms with E-state index in [1.54, 1.807) is 48.5 Å². The summed E-state index contributed by atoms with van der Waals surface area (Å²) < 4.78 is 27.2. The van der Waals surface area contributed by atoms with Crippen molar-refractivity contribution in [3.05, 3.63) is 88.9 Å². The van der Waals surface area contributed by atoms with Gasteiger partial charge in [0.25, 0.3) is 11.8 Å². The average molecular weight is 484 g/mol. The van der Waals surface area contributed by atoms with E-state index in [9.17, 15) is 18.0 Å². The number of rotatable bonds is 6. The van der Waals surface area contributed by atoms with Crippen molar-refractivity contribution in [3.8, 4) is 0 Å². The maximum absolute atomic E-state index is 13.0. The minimum atomic E-state index is -3.70. The number of amides is 2. The number of nitrogens with zero attached hydrogens (tertiary/aromatic N) is 1. The van der Waals surface area contributed by atoms with Crippen LogP contribution in [0.4, 0.5) is 11.4 Å². The summed E-state index contributed by atoms with van der Waals surface area (Å²) in [5, 5.41) is 5.63. The average Bonchev–Trinajstić information content (AvgIpc) is 3.37. The van der Waals surface area contributed by atoms with Crippen LogP contribution in [0.5, 0.6) is 0 Å². The molecule has 0 spiro atoms. The van der Waals surface area contributed by atoms with Gasteiger partial charge in [0.2, 0.25) is 10.0 Å². The molecule has 1 saturated heterocycles. The Hall–Kier alpha value is -3.20. The van der Waals surface area contributed by atoms with Gasteiger partial charge in [0.15, 0.2) is 0 Å². The summed E-state index contributed by atoms with van der Waals surface area (Å²) in [4.78, 5) is 25.6. The maximum atomic E-state index is 13.0. The predicted molar refractivity (Wildman–Crippen MR) is 128 cm³/mol.